The molecule has 0 aromatic carbocycles. The molecule has 18 fully saturated rings. The Kier molecular flexibility index (Phi) is 41.7. The van der Waals surface area contributed by atoms with E-state index in [0.29, 0.717) is 74.5 Å². The van der Waals surface area contributed by atoms with E-state index in [0.717, 1.165) is 102 Å². The van der Waals surface area contributed by atoms with Gasteiger partial charge in [-0.1, -0.05) is 157 Å². The predicted molar refractivity (Wildman–Crippen MR) is 345 cm³/mol. The number of hydrogen-bond donors (Lipinski definition) is 0. The van der Waals surface area contributed by atoms with Gasteiger partial charge in [0.25, 0.3) is 0 Å². The maximum atomic E-state index is 11.6. The van der Waals surface area contributed by atoms with E-state index < -0.39 is 0 Å². The molecule has 13 atom stereocenters. The summed E-state index contributed by atoms with van der Waals surface area (Å²) in [7, 11) is 0. The van der Waals surface area contributed by atoms with Gasteiger partial charge in [-0.3, -0.25) is 33.6 Å². The largest absolute Gasteiger partial charge is 0.465 e. The van der Waals surface area contributed by atoms with Crippen LogP contribution in [-0.4, -0.2) is 98.7 Å². The van der Waals surface area contributed by atoms with Crippen LogP contribution in [0.1, 0.15) is 298 Å². The molecule has 18 rings (SSSR count). The third-order valence-corrected chi connectivity index (χ3v) is 19.4. The lowest BCUT2D eigenvalue weighted by molar-refractivity contribution is -0.170. The average Bonchev–Trinajstić information content (AvgIpc) is 1.68. The molecule has 0 radical (unpaired) electrons. The van der Waals surface area contributed by atoms with Crippen LogP contribution in [-0.2, 0) is 71.5 Å². The first-order valence-corrected chi connectivity index (χ1v) is 36.4. The standard InChI is InChI=1S/C10H14O2.C9H14O2.C8H10O2.3C7H10O2.C6H8O3.9C2H6/c11-9-10(3-4-12-9)6-7-1-2-8(10)5-7;10-8-9(6-7-11-8)4-2-1-3-5-9;9-8-6-2-5-1-4(6)3-7(5)10-8;8-7-5-1-3-6(9-7)4-2-5;8-7-6-3-1-2-5(6)4-9-7;8-7-4-5-2-1-3-6(5)9-7;7-6-3-5-4(9-6)1-2-8-5;9*1-2/h7-8H,1-6H2;1-7H2;4-7H,1-3H2;3*5-6H,1-4H2;4-5H,1-3H2;9*1-2H3. The van der Waals surface area contributed by atoms with Crippen LogP contribution in [0.3, 0.4) is 0 Å². The molecule has 15 heteroatoms. The summed E-state index contributed by atoms with van der Waals surface area (Å²) in [5.41, 5.74) is -0.0266. The lowest BCUT2D eigenvalue weighted by Gasteiger charge is -2.34. The van der Waals surface area contributed by atoms with Gasteiger partial charge in [-0.25, -0.2) is 0 Å². The highest BCUT2D eigenvalue weighted by atomic mass is 16.6. The molecular formula is C72H130O15. The zero-order valence-electron chi connectivity index (χ0n) is 58.6. The van der Waals surface area contributed by atoms with E-state index in [9.17, 15) is 33.6 Å². The summed E-state index contributed by atoms with van der Waals surface area (Å²) in [5.74, 6) is 5.29. The van der Waals surface area contributed by atoms with Crippen LogP contribution in [0.4, 0.5) is 0 Å². The molecule has 13 unspecified atom stereocenters. The minimum absolute atomic E-state index is 0.00289. The predicted octanol–water partition coefficient (Wildman–Crippen LogP) is 17.1. The van der Waals surface area contributed by atoms with Crippen LogP contribution in [0.5, 0.6) is 0 Å². The van der Waals surface area contributed by atoms with E-state index in [4.69, 9.17) is 37.9 Å². The molecule has 18 aliphatic rings. The van der Waals surface area contributed by atoms with E-state index in [1.54, 1.807) is 0 Å². The summed E-state index contributed by atoms with van der Waals surface area (Å²) in [6, 6.07) is 0. The third-order valence-electron chi connectivity index (χ3n) is 19.4. The van der Waals surface area contributed by atoms with Crippen LogP contribution in [0.15, 0.2) is 0 Å². The molecule has 8 saturated carbocycles. The molecule has 0 amide bonds. The number of hydrogen-bond acceptors (Lipinski definition) is 15. The molecule has 8 aliphatic carbocycles. The monoisotopic (exact) mass is 1230 g/mol. The Morgan fingerprint density at radius 2 is 0.966 bits per heavy atom. The summed E-state index contributed by atoms with van der Waals surface area (Å²) < 4.78 is 40.4. The van der Waals surface area contributed by atoms with Gasteiger partial charge in [-0.2, -0.15) is 0 Å². The van der Waals surface area contributed by atoms with Crippen LogP contribution in [0.2, 0.25) is 0 Å². The Bertz CT molecular complexity index is 1860. The number of carbonyl (C=O) groups excluding carboxylic acids is 7. The lowest BCUT2D eigenvalue weighted by atomic mass is 9.72. The maximum absolute atomic E-state index is 11.6. The van der Waals surface area contributed by atoms with Gasteiger partial charge in [0.15, 0.2) is 0 Å². The SMILES string of the molecule is CC.CC.CC.CC.CC.CC.CC.CC.CC.O=C1CC2CCCC2O1.O=C1CC2OCCC2O1.O=C1OC2CC3CC2CC13.O=C1OC2CCC1CC2.O=C1OCC2CCCC12.O=C1OCCC12CC1CCC2C1.O=C1OCCC12CCCCC2. The van der Waals surface area contributed by atoms with Gasteiger partial charge in [0.1, 0.15) is 30.5 Å². The van der Waals surface area contributed by atoms with E-state index in [2.05, 4.69) is 0 Å². The Morgan fingerprint density at radius 3 is 1.43 bits per heavy atom. The minimum atomic E-state index is -0.107. The minimum Gasteiger partial charge on any atom is -0.465 e. The van der Waals surface area contributed by atoms with E-state index in [1.165, 1.54) is 77.0 Å². The number of fused-ring (bicyclic) bond motifs is 10. The van der Waals surface area contributed by atoms with Gasteiger partial charge in [0.05, 0.1) is 67.9 Å². The first kappa shape index (κ1) is 81.3. The van der Waals surface area contributed by atoms with Gasteiger partial charge >= 0.3 is 41.8 Å². The highest BCUT2D eigenvalue weighted by molar-refractivity contribution is 5.80. The molecule has 508 valence electrons. The Morgan fingerprint density at radius 1 is 0.368 bits per heavy atom. The second kappa shape index (κ2) is 44.7. The van der Waals surface area contributed by atoms with Crippen LogP contribution >= 0.6 is 0 Å². The fraction of sp³-hybridized carbons (Fsp3) is 0.903. The zero-order chi connectivity index (χ0) is 65.7. The number of carbonyl (C=O) groups is 7. The van der Waals surface area contributed by atoms with Crippen molar-refractivity contribution in [2.24, 2.45) is 64.1 Å². The van der Waals surface area contributed by atoms with Gasteiger partial charge < -0.3 is 37.9 Å². The first-order chi connectivity index (χ1) is 42.4. The number of cyclic esters (lactones) is 3. The number of esters is 7. The Balaban J connectivity index is 0.000000487. The summed E-state index contributed by atoms with van der Waals surface area (Å²) in [5, 5.41) is 0. The van der Waals surface area contributed by atoms with Crippen molar-refractivity contribution >= 4 is 41.8 Å². The fourth-order valence-electron chi connectivity index (χ4n) is 15.4. The van der Waals surface area contributed by atoms with Crippen molar-refractivity contribution in [1.82, 2.24) is 0 Å². The second-order valence-corrected chi connectivity index (χ2v) is 23.3. The summed E-state index contributed by atoms with van der Waals surface area (Å²) in [4.78, 5) is 76.8. The van der Waals surface area contributed by atoms with Crippen molar-refractivity contribution in [3.8, 4) is 0 Å². The Hall–Kier alpha value is -3.75. The smallest absolute Gasteiger partial charge is 0.312 e. The van der Waals surface area contributed by atoms with E-state index in [1.807, 2.05) is 125 Å². The molecule has 0 aromatic rings. The molecule has 10 saturated heterocycles. The number of ether oxygens (including phenoxy) is 8. The van der Waals surface area contributed by atoms with Gasteiger partial charge in [0, 0.05) is 18.3 Å². The summed E-state index contributed by atoms with van der Waals surface area (Å²) in [6.07, 6.45) is 31.0. The van der Waals surface area contributed by atoms with Crippen molar-refractivity contribution in [3.63, 3.8) is 0 Å². The highest BCUT2D eigenvalue weighted by Crippen LogP contribution is 2.60. The molecule has 2 spiro atoms. The first-order valence-electron chi connectivity index (χ1n) is 36.4. The Labute approximate surface area is 530 Å². The second-order valence-electron chi connectivity index (χ2n) is 23.3. The number of rotatable bonds is 0. The third kappa shape index (κ3) is 22.6. The summed E-state index contributed by atoms with van der Waals surface area (Å²) in [6.45, 7) is 38.8. The average molecular weight is 1240 g/mol. The van der Waals surface area contributed by atoms with Crippen molar-refractivity contribution < 1.29 is 71.5 Å². The van der Waals surface area contributed by atoms with Crippen LogP contribution in [0.25, 0.3) is 0 Å². The van der Waals surface area contributed by atoms with Crippen LogP contribution < -0.4 is 0 Å². The van der Waals surface area contributed by atoms with Crippen LogP contribution in [0, 0.1) is 64.1 Å². The molecular weight excluding hydrogens is 1100 g/mol. The topological polar surface area (TPSA) is 193 Å². The summed E-state index contributed by atoms with van der Waals surface area (Å²) >= 11 is 0. The molecule has 0 aromatic heterocycles. The molecule has 10 aliphatic heterocycles. The van der Waals surface area contributed by atoms with Crippen molar-refractivity contribution in [1.29, 1.82) is 0 Å². The van der Waals surface area contributed by atoms with Crippen molar-refractivity contribution in [3.05, 3.63) is 0 Å². The fourth-order valence-corrected chi connectivity index (χ4v) is 15.4. The molecule has 15 nitrogen and oxygen atoms in total. The van der Waals surface area contributed by atoms with Gasteiger partial charge in [-0.15, -0.1) is 0 Å². The van der Waals surface area contributed by atoms with E-state index >= 15 is 0 Å². The normalized spacial score (nSPS) is 34.5. The van der Waals surface area contributed by atoms with Crippen molar-refractivity contribution in [2.45, 2.75) is 329 Å². The molecule has 10 heterocycles. The maximum Gasteiger partial charge on any atom is 0.312 e. The molecule has 8 bridgehead atoms. The zero-order valence-corrected chi connectivity index (χ0v) is 58.6. The lowest BCUT2D eigenvalue weighted by Crippen LogP contribution is -2.39. The van der Waals surface area contributed by atoms with Gasteiger partial charge in [0.2, 0.25) is 0 Å². The quantitative estimate of drug-likeness (QED) is 0.164. The highest BCUT2D eigenvalue weighted by Gasteiger charge is 2.59. The van der Waals surface area contributed by atoms with E-state index in [-0.39, 0.29) is 82.8 Å². The van der Waals surface area contributed by atoms with Gasteiger partial charge in [-0.05, 0) is 146 Å². The molecule has 87 heavy (non-hydrogen) atoms. The molecule has 0 N–H and O–H groups in total. The van der Waals surface area contributed by atoms with Crippen molar-refractivity contribution in [2.75, 3.05) is 26.4 Å².